The van der Waals surface area contributed by atoms with Gasteiger partial charge in [0.05, 0.1) is 6.54 Å². The van der Waals surface area contributed by atoms with Crippen molar-refractivity contribution < 1.29 is 14.6 Å². The molecule has 3 aromatic rings. The minimum Gasteiger partial charge on any atom is -0.489 e. The van der Waals surface area contributed by atoms with E-state index in [-0.39, 0.29) is 5.91 Å². The first-order valence-corrected chi connectivity index (χ1v) is 9.45. The van der Waals surface area contributed by atoms with E-state index in [1.165, 1.54) is 0 Å². The monoisotopic (exact) mass is 388 g/mol. The first kappa shape index (κ1) is 20.4. The SMILES string of the molecule is Cc1ccc2cccc(OCCNC(=O)c3cccc(C#CC(C)(C)O)c3)c2n1. The number of rotatable bonds is 5. The molecule has 0 saturated heterocycles. The van der Waals surface area contributed by atoms with Crippen LogP contribution in [0.15, 0.2) is 54.6 Å². The maximum absolute atomic E-state index is 12.4. The molecule has 2 N–H and O–H groups in total. The quantitative estimate of drug-likeness (QED) is 0.519. The molecule has 0 aliphatic carbocycles. The Morgan fingerprint density at radius 1 is 1.17 bits per heavy atom. The number of pyridine rings is 1. The minimum absolute atomic E-state index is 0.201. The van der Waals surface area contributed by atoms with Crippen molar-refractivity contribution in [3.8, 4) is 17.6 Å². The second kappa shape index (κ2) is 8.76. The average Bonchev–Trinajstić information content (AvgIpc) is 2.69. The van der Waals surface area contributed by atoms with Crippen molar-refractivity contribution in [1.29, 1.82) is 0 Å². The second-order valence-electron chi connectivity index (χ2n) is 7.27. The van der Waals surface area contributed by atoms with Gasteiger partial charge in [-0.25, -0.2) is 4.98 Å². The van der Waals surface area contributed by atoms with E-state index in [2.05, 4.69) is 22.1 Å². The number of para-hydroxylation sites is 1. The van der Waals surface area contributed by atoms with Crippen LogP contribution in [0.2, 0.25) is 0 Å². The largest absolute Gasteiger partial charge is 0.489 e. The highest BCUT2D eigenvalue weighted by molar-refractivity contribution is 5.94. The number of hydrogen-bond acceptors (Lipinski definition) is 4. The van der Waals surface area contributed by atoms with Gasteiger partial charge in [0.1, 0.15) is 23.5 Å². The summed E-state index contributed by atoms with van der Waals surface area (Å²) in [6.45, 7) is 5.86. The number of fused-ring (bicyclic) bond motifs is 1. The lowest BCUT2D eigenvalue weighted by Gasteiger charge is -2.10. The summed E-state index contributed by atoms with van der Waals surface area (Å²) in [6.07, 6.45) is 0. The molecule has 1 amide bonds. The smallest absolute Gasteiger partial charge is 0.251 e. The van der Waals surface area contributed by atoms with Crippen LogP contribution in [0.25, 0.3) is 10.9 Å². The van der Waals surface area contributed by atoms with Crippen molar-refractivity contribution in [3.63, 3.8) is 0 Å². The fourth-order valence-corrected chi connectivity index (χ4v) is 2.72. The van der Waals surface area contributed by atoms with Crippen LogP contribution in [-0.2, 0) is 0 Å². The van der Waals surface area contributed by atoms with E-state index >= 15 is 0 Å². The Hall–Kier alpha value is -3.36. The van der Waals surface area contributed by atoms with Gasteiger partial charge < -0.3 is 15.2 Å². The summed E-state index contributed by atoms with van der Waals surface area (Å²) in [7, 11) is 0. The van der Waals surface area contributed by atoms with Crippen molar-refractivity contribution in [2.75, 3.05) is 13.2 Å². The third-order valence-corrected chi connectivity index (χ3v) is 4.11. The summed E-state index contributed by atoms with van der Waals surface area (Å²) >= 11 is 0. The van der Waals surface area contributed by atoms with Crippen molar-refractivity contribution in [2.45, 2.75) is 26.4 Å². The first-order valence-electron chi connectivity index (χ1n) is 9.45. The number of ether oxygens (including phenoxy) is 1. The van der Waals surface area contributed by atoms with Crippen molar-refractivity contribution >= 4 is 16.8 Å². The summed E-state index contributed by atoms with van der Waals surface area (Å²) in [4.78, 5) is 16.9. The standard InChI is InChI=1S/C24H24N2O3/c1-17-10-11-19-7-5-9-21(22(19)26-17)29-15-14-25-23(27)20-8-4-6-18(16-20)12-13-24(2,3)28/h4-11,16,28H,14-15H2,1-3H3,(H,25,27). The van der Waals surface area contributed by atoms with Gasteiger partial charge in [0.2, 0.25) is 0 Å². The average molecular weight is 388 g/mol. The van der Waals surface area contributed by atoms with Gasteiger partial charge in [-0.2, -0.15) is 0 Å². The number of carbonyl (C=O) groups is 1. The number of hydrogen-bond donors (Lipinski definition) is 2. The fourth-order valence-electron chi connectivity index (χ4n) is 2.72. The lowest BCUT2D eigenvalue weighted by Crippen LogP contribution is -2.28. The summed E-state index contributed by atoms with van der Waals surface area (Å²) < 4.78 is 5.83. The van der Waals surface area contributed by atoms with Gasteiger partial charge in [-0.15, -0.1) is 0 Å². The maximum Gasteiger partial charge on any atom is 0.251 e. The number of aliphatic hydroxyl groups is 1. The summed E-state index contributed by atoms with van der Waals surface area (Å²) in [5.41, 5.74) is 1.85. The number of nitrogens with zero attached hydrogens (tertiary/aromatic N) is 1. The molecule has 0 radical (unpaired) electrons. The minimum atomic E-state index is -1.08. The molecule has 1 aromatic heterocycles. The third-order valence-electron chi connectivity index (χ3n) is 4.11. The van der Waals surface area contributed by atoms with E-state index in [9.17, 15) is 9.90 Å². The number of aromatic nitrogens is 1. The van der Waals surface area contributed by atoms with Gasteiger partial charge in [-0.1, -0.05) is 36.1 Å². The molecule has 0 aliphatic rings. The van der Waals surface area contributed by atoms with Gasteiger partial charge in [0.15, 0.2) is 0 Å². The molecule has 0 spiro atoms. The van der Waals surface area contributed by atoms with Crippen LogP contribution in [-0.4, -0.2) is 34.8 Å². The van der Waals surface area contributed by atoms with Crippen LogP contribution in [0.5, 0.6) is 5.75 Å². The highest BCUT2D eigenvalue weighted by Gasteiger charge is 2.08. The zero-order valence-electron chi connectivity index (χ0n) is 16.8. The Labute approximate surface area is 170 Å². The van der Waals surface area contributed by atoms with Gasteiger partial charge in [-0.05, 0) is 51.1 Å². The van der Waals surface area contributed by atoms with Crippen LogP contribution in [0, 0.1) is 18.8 Å². The van der Waals surface area contributed by atoms with E-state index in [1.54, 1.807) is 38.1 Å². The number of carbonyl (C=O) groups excluding carboxylic acids is 1. The normalized spacial score (nSPS) is 10.9. The molecule has 148 valence electrons. The summed E-state index contributed by atoms with van der Waals surface area (Å²) in [6, 6.07) is 16.8. The van der Waals surface area contributed by atoms with E-state index < -0.39 is 5.60 Å². The van der Waals surface area contributed by atoms with Gasteiger partial charge in [0.25, 0.3) is 5.91 Å². The highest BCUT2D eigenvalue weighted by Crippen LogP contribution is 2.23. The van der Waals surface area contributed by atoms with Crippen molar-refractivity contribution in [1.82, 2.24) is 10.3 Å². The van der Waals surface area contributed by atoms with E-state index in [0.717, 1.165) is 16.6 Å². The van der Waals surface area contributed by atoms with Crippen molar-refractivity contribution in [2.24, 2.45) is 0 Å². The summed E-state index contributed by atoms with van der Waals surface area (Å²) in [5, 5.41) is 13.6. The molecular weight excluding hydrogens is 364 g/mol. The second-order valence-corrected chi connectivity index (χ2v) is 7.27. The van der Waals surface area contributed by atoms with E-state index in [1.807, 2.05) is 37.3 Å². The Bertz CT molecular complexity index is 1090. The van der Waals surface area contributed by atoms with E-state index in [0.29, 0.717) is 30.0 Å². The number of nitrogens with one attached hydrogen (secondary N) is 1. The molecule has 2 aromatic carbocycles. The Morgan fingerprint density at radius 2 is 1.97 bits per heavy atom. The number of aryl methyl sites for hydroxylation is 1. The zero-order valence-corrected chi connectivity index (χ0v) is 16.8. The molecule has 0 saturated carbocycles. The zero-order chi connectivity index (χ0) is 20.9. The van der Waals surface area contributed by atoms with Crippen LogP contribution in [0.4, 0.5) is 0 Å². The predicted molar refractivity (Wildman–Crippen MR) is 114 cm³/mol. The predicted octanol–water partition coefficient (Wildman–Crippen LogP) is 3.47. The first-order chi connectivity index (χ1) is 13.8. The lowest BCUT2D eigenvalue weighted by atomic mass is 10.1. The van der Waals surface area contributed by atoms with Crippen LogP contribution in [0.1, 0.15) is 35.5 Å². The summed E-state index contributed by atoms with van der Waals surface area (Å²) in [5.74, 6) is 6.12. The molecular formula is C24H24N2O3. The van der Waals surface area contributed by atoms with Crippen LogP contribution in [0.3, 0.4) is 0 Å². The molecule has 5 heteroatoms. The number of benzene rings is 2. The van der Waals surface area contributed by atoms with Crippen molar-refractivity contribution in [3.05, 3.63) is 71.4 Å². The molecule has 0 unspecified atom stereocenters. The van der Waals surface area contributed by atoms with Crippen LogP contribution >= 0.6 is 0 Å². The topological polar surface area (TPSA) is 71.5 Å². The molecule has 0 atom stereocenters. The Morgan fingerprint density at radius 3 is 2.76 bits per heavy atom. The molecule has 0 aliphatic heterocycles. The van der Waals surface area contributed by atoms with E-state index in [4.69, 9.17) is 4.74 Å². The molecule has 0 fully saturated rings. The molecule has 3 rings (SSSR count). The maximum atomic E-state index is 12.4. The highest BCUT2D eigenvalue weighted by atomic mass is 16.5. The molecule has 1 heterocycles. The fraction of sp³-hybridized carbons (Fsp3) is 0.250. The molecule has 29 heavy (non-hydrogen) atoms. The molecule has 0 bridgehead atoms. The lowest BCUT2D eigenvalue weighted by molar-refractivity contribution is 0.0947. The third kappa shape index (κ3) is 5.81. The Kier molecular flexibility index (Phi) is 6.16. The van der Waals surface area contributed by atoms with Gasteiger partial charge in [0, 0.05) is 22.2 Å². The van der Waals surface area contributed by atoms with Crippen LogP contribution < -0.4 is 10.1 Å². The van der Waals surface area contributed by atoms with Gasteiger partial charge >= 0.3 is 0 Å². The van der Waals surface area contributed by atoms with Gasteiger partial charge in [-0.3, -0.25) is 4.79 Å². The molecule has 5 nitrogen and oxygen atoms in total. The number of amides is 1. The Balaban J connectivity index is 1.58.